The van der Waals surface area contributed by atoms with Crippen molar-refractivity contribution < 1.29 is 13.2 Å². The summed E-state index contributed by atoms with van der Waals surface area (Å²) in [5.41, 5.74) is 0.864. The molecule has 1 amide bonds. The van der Waals surface area contributed by atoms with Crippen molar-refractivity contribution in [1.82, 2.24) is 4.90 Å². The van der Waals surface area contributed by atoms with Crippen molar-refractivity contribution in [2.24, 2.45) is 0 Å². The number of nitrogens with zero attached hydrogens (tertiary/aromatic N) is 2. The Kier molecular flexibility index (Phi) is 4.63. The second kappa shape index (κ2) is 6.27. The molecule has 6 heteroatoms. The second-order valence-electron chi connectivity index (χ2n) is 5.25. The first-order chi connectivity index (χ1) is 9.96. The van der Waals surface area contributed by atoms with Crippen molar-refractivity contribution in [3.8, 4) is 6.07 Å². The van der Waals surface area contributed by atoms with Crippen LogP contribution in [0.4, 0.5) is 0 Å². The molecule has 2 rings (SSSR count). The number of nitriles is 1. The standard InChI is InChI=1S/C15H18N2O3S/c1-2-7-17(14-6-8-21(19,20)11-14)15(18)13-5-3-4-12(9-13)10-16/h3-5,9,14H,2,6-8,11H2,1H3. The molecular weight excluding hydrogens is 288 g/mol. The Labute approximate surface area is 125 Å². The van der Waals surface area contributed by atoms with Gasteiger partial charge in [-0.25, -0.2) is 8.42 Å². The summed E-state index contributed by atoms with van der Waals surface area (Å²) in [5, 5.41) is 8.91. The fourth-order valence-electron chi connectivity index (χ4n) is 2.60. The lowest BCUT2D eigenvalue weighted by Crippen LogP contribution is -2.41. The van der Waals surface area contributed by atoms with Gasteiger partial charge in [0.25, 0.3) is 5.91 Å². The largest absolute Gasteiger partial charge is 0.335 e. The normalized spacial score (nSPS) is 19.9. The van der Waals surface area contributed by atoms with Gasteiger partial charge < -0.3 is 4.90 Å². The highest BCUT2D eigenvalue weighted by atomic mass is 32.2. The Balaban J connectivity index is 2.25. The van der Waals surface area contributed by atoms with Gasteiger partial charge in [-0.15, -0.1) is 0 Å². The maximum Gasteiger partial charge on any atom is 0.254 e. The first kappa shape index (κ1) is 15.5. The molecule has 1 aliphatic heterocycles. The van der Waals surface area contributed by atoms with Gasteiger partial charge in [-0.3, -0.25) is 4.79 Å². The van der Waals surface area contributed by atoms with Crippen LogP contribution in [0, 0.1) is 11.3 Å². The molecule has 1 fully saturated rings. The van der Waals surface area contributed by atoms with Crippen molar-refractivity contribution in [3.63, 3.8) is 0 Å². The van der Waals surface area contributed by atoms with E-state index in [1.165, 1.54) is 0 Å². The Morgan fingerprint density at radius 2 is 2.24 bits per heavy atom. The Morgan fingerprint density at radius 1 is 1.48 bits per heavy atom. The van der Waals surface area contributed by atoms with Gasteiger partial charge >= 0.3 is 0 Å². The van der Waals surface area contributed by atoms with Crippen LogP contribution in [-0.4, -0.2) is 43.3 Å². The highest BCUT2D eigenvalue weighted by Gasteiger charge is 2.34. The predicted octanol–water partition coefficient (Wildman–Crippen LogP) is 1.60. The van der Waals surface area contributed by atoms with Crippen LogP contribution in [0.25, 0.3) is 0 Å². The van der Waals surface area contributed by atoms with Crippen molar-refractivity contribution in [3.05, 3.63) is 35.4 Å². The third kappa shape index (κ3) is 3.61. The van der Waals surface area contributed by atoms with Gasteiger partial charge in [-0.1, -0.05) is 13.0 Å². The summed E-state index contributed by atoms with van der Waals surface area (Å²) >= 11 is 0. The summed E-state index contributed by atoms with van der Waals surface area (Å²) in [4.78, 5) is 14.3. The molecule has 1 aromatic rings. The number of sulfone groups is 1. The van der Waals surface area contributed by atoms with E-state index in [-0.39, 0.29) is 23.5 Å². The smallest absolute Gasteiger partial charge is 0.254 e. The summed E-state index contributed by atoms with van der Waals surface area (Å²) in [5.74, 6) is -0.0175. The minimum Gasteiger partial charge on any atom is -0.335 e. The summed E-state index contributed by atoms with van der Waals surface area (Å²) in [6.45, 7) is 2.48. The van der Waals surface area contributed by atoms with E-state index in [1.807, 2.05) is 13.0 Å². The van der Waals surface area contributed by atoms with Gasteiger partial charge in [0.15, 0.2) is 9.84 Å². The van der Waals surface area contributed by atoms with Crippen LogP contribution in [0.3, 0.4) is 0 Å². The average Bonchev–Trinajstić information content (AvgIpc) is 2.84. The monoisotopic (exact) mass is 306 g/mol. The van der Waals surface area contributed by atoms with E-state index in [1.54, 1.807) is 29.2 Å². The minimum absolute atomic E-state index is 0.0384. The van der Waals surface area contributed by atoms with Crippen LogP contribution in [0.1, 0.15) is 35.7 Å². The molecule has 21 heavy (non-hydrogen) atoms. The molecule has 112 valence electrons. The minimum atomic E-state index is -3.03. The second-order valence-corrected chi connectivity index (χ2v) is 7.48. The van der Waals surface area contributed by atoms with E-state index in [4.69, 9.17) is 5.26 Å². The van der Waals surface area contributed by atoms with Crippen LogP contribution >= 0.6 is 0 Å². The third-order valence-electron chi connectivity index (χ3n) is 3.61. The number of carbonyl (C=O) groups is 1. The van der Waals surface area contributed by atoms with E-state index in [0.29, 0.717) is 24.1 Å². The number of rotatable bonds is 4. The number of benzene rings is 1. The lowest BCUT2D eigenvalue weighted by atomic mass is 10.1. The molecule has 5 nitrogen and oxygen atoms in total. The molecule has 0 saturated carbocycles. The predicted molar refractivity (Wildman–Crippen MR) is 79.5 cm³/mol. The highest BCUT2D eigenvalue weighted by molar-refractivity contribution is 7.91. The Morgan fingerprint density at radius 3 is 2.81 bits per heavy atom. The van der Waals surface area contributed by atoms with Gasteiger partial charge in [0.2, 0.25) is 0 Å². The van der Waals surface area contributed by atoms with E-state index in [2.05, 4.69) is 0 Å². The molecular formula is C15H18N2O3S. The first-order valence-electron chi connectivity index (χ1n) is 6.98. The zero-order chi connectivity index (χ0) is 15.5. The van der Waals surface area contributed by atoms with Crippen molar-refractivity contribution >= 4 is 15.7 Å². The third-order valence-corrected chi connectivity index (χ3v) is 5.36. The highest BCUT2D eigenvalue weighted by Crippen LogP contribution is 2.20. The summed E-state index contributed by atoms with van der Waals surface area (Å²) in [6, 6.07) is 8.27. The Hall–Kier alpha value is -1.87. The van der Waals surface area contributed by atoms with Crippen LogP contribution in [0.2, 0.25) is 0 Å². The fourth-order valence-corrected chi connectivity index (χ4v) is 4.33. The topological polar surface area (TPSA) is 78.2 Å². The number of amides is 1. The summed E-state index contributed by atoms with van der Waals surface area (Å²) in [6.07, 6.45) is 1.26. The van der Waals surface area contributed by atoms with Gasteiger partial charge in [-0.05, 0) is 31.0 Å². The molecule has 0 spiro atoms. The molecule has 1 saturated heterocycles. The molecule has 1 aliphatic rings. The fraction of sp³-hybridized carbons (Fsp3) is 0.467. The Bertz CT molecular complexity index is 676. The molecule has 1 unspecified atom stereocenters. The number of hydrogen-bond acceptors (Lipinski definition) is 4. The summed E-state index contributed by atoms with van der Waals surface area (Å²) in [7, 11) is -3.03. The van der Waals surface area contributed by atoms with Gasteiger partial charge in [0.05, 0.1) is 23.1 Å². The lowest BCUT2D eigenvalue weighted by molar-refractivity contribution is 0.0697. The molecule has 1 heterocycles. The molecule has 0 N–H and O–H groups in total. The maximum absolute atomic E-state index is 12.6. The maximum atomic E-state index is 12.6. The zero-order valence-corrected chi connectivity index (χ0v) is 12.8. The van der Waals surface area contributed by atoms with Gasteiger partial charge in [-0.2, -0.15) is 5.26 Å². The first-order valence-corrected chi connectivity index (χ1v) is 8.80. The van der Waals surface area contributed by atoms with E-state index in [9.17, 15) is 13.2 Å². The van der Waals surface area contributed by atoms with Gasteiger partial charge in [0.1, 0.15) is 0 Å². The van der Waals surface area contributed by atoms with Crippen LogP contribution in [0.5, 0.6) is 0 Å². The summed E-state index contributed by atoms with van der Waals surface area (Å²) < 4.78 is 23.3. The van der Waals surface area contributed by atoms with E-state index in [0.717, 1.165) is 6.42 Å². The van der Waals surface area contributed by atoms with Gasteiger partial charge in [0, 0.05) is 18.2 Å². The molecule has 0 radical (unpaired) electrons. The van der Waals surface area contributed by atoms with Crippen molar-refractivity contribution in [1.29, 1.82) is 5.26 Å². The zero-order valence-electron chi connectivity index (χ0n) is 11.9. The molecule has 0 aliphatic carbocycles. The van der Waals surface area contributed by atoms with Crippen molar-refractivity contribution in [2.45, 2.75) is 25.8 Å². The van der Waals surface area contributed by atoms with Crippen LogP contribution in [-0.2, 0) is 9.84 Å². The number of carbonyl (C=O) groups excluding carboxylic acids is 1. The van der Waals surface area contributed by atoms with E-state index >= 15 is 0 Å². The van der Waals surface area contributed by atoms with Crippen molar-refractivity contribution in [2.75, 3.05) is 18.1 Å². The molecule has 0 bridgehead atoms. The quantitative estimate of drug-likeness (QED) is 0.846. The molecule has 1 aromatic carbocycles. The lowest BCUT2D eigenvalue weighted by Gasteiger charge is -2.28. The molecule has 0 aromatic heterocycles. The SMILES string of the molecule is CCCN(C(=O)c1cccc(C#N)c1)C1CCS(=O)(=O)C1. The van der Waals surface area contributed by atoms with Crippen LogP contribution in [0.15, 0.2) is 24.3 Å². The van der Waals surface area contributed by atoms with Crippen LogP contribution < -0.4 is 0 Å². The average molecular weight is 306 g/mol. The number of hydrogen-bond donors (Lipinski definition) is 0. The van der Waals surface area contributed by atoms with E-state index < -0.39 is 9.84 Å². The molecule has 1 atom stereocenters.